The van der Waals surface area contributed by atoms with Crippen molar-refractivity contribution in [3.63, 3.8) is 0 Å². The quantitative estimate of drug-likeness (QED) is 0.890. The number of benzene rings is 1. The molecule has 90 valence electrons. The molecule has 1 N–H and O–H groups in total. The highest BCUT2D eigenvalue weighted by Crippen LogP contribution is 2.17. The molecule has 0 bridgehead atoms. The van der Waals surface area contributed by atoms with E-state index in [1.165, 1.54) is 10.4 Å². The summed E-state index contributed by atoms with van der Waals surface area (Å²) >= 11 is 4.89. The summed E-state index contributed by atoms with van der Waals surface area (Å²) in [4.78, 5) is 1.34. The van der Waals surface area contributed by atoms with Gasteiger partial charge >= 0.3 is 0 Å². The van der Waals surface area contributed by atoms with Gasteiger partial charge in [-0.3, -0.25) is 0 Å². The molecule has 0 fully saturated rings. The van der Waals surface area contributed by atoms with Gasteiger partial charge in [0.2, 0.25) is 0 Å². The summed E-state index contributed by atoms with van der Waals surface area (Å²) in [6.45, 7) is 3.62. The first-order valence-corrected chi connectivity index (χ1v) is 7.01. The van der Waals surface area contributed by atoms with Gasteiger partial charge in [-0.25, -0.2) is 4.39 Å². The summed E-state index contributed by atoms with van der Waals surface area (Å²) in [5.41, 5.74) is 2.27. The van der Waals surface area contributed by atoms with E-state index in [2.05, 4.69) is 39.6 Å². The zero-order valence-corrected chi connectivity index (χ0v) is 11.9. The standard InChI is InChI=1S/C13H13BrFNS/c1-9-4-5-17-13(9)8-16-7-10-2-3-11(14)12(15)6-10/h2-6,16H,7-8H2,1H3. The van der Waals surface area contributed by atoms with Crippen molar-refractivity contribution in [2.45, 2.75) is 20.0 Å². The van der Waals surface area contributed by atoms with Crippen LogP contribution in [-0.2, 0) is 13.1 Å². The van der Waals surface area contributed by atoms with Crippen molar-refractivity contribution in [2.75, 3.05) is 0 Å². The number of rotatable bonds is 4. The Morgan fingerprint density at radius 1 is 1.29 bits per heavy atom. The Hall–Kier alpha value is -0.710. The zero-order valence-electron chi connectivity index (χ0n) is 9.47. The Morgan fingerprint density at radius 3 is 2.76 bits per heavy atom. The average molecular weight is 314 g/mol. The van der Waals surface area contributed by atoms with E-state index in [9.17, 15) is 4.39 Å². The molecule has 0 amide bonds. The first kappa shape index (κ1) is 12.7. The highest BCUT2D eigenvalue weighted by atomic mass is 79.9. The van der Waals surface area contributed by atoms with Crippen molar-refractivity contribution < 1.29 is 4.39 Å². The van der Waals surface area contributed by atoms with Crippen LogP contribution in [0.2, 0.25) is 0 Å². The highest BCUT2D eigenvalue weighted by molar-refractivity contribution is 9.10. The van der Waals surface area contributed by atoms with Crippen molar-refractivity contribution in [1.82, 2.24) is 5.32 Å². The molecule has 0 unspecified atom stereocenters. The smallest absolute Gasteiger partial charge is 0.137 e. The molecule has 1 aromatic heterocycles. The average Bonchev–Trinajstić information content (AvgIpc) is 2.70. The van der Waals surface area contributed by atoms with E-state index in [4.69, 9.17) is 0 Å². The molecule has 0 saturated heterocycles. The lowest BCUT2D eigenvalue weighted by molar-refractivity contribution is 0.614. The Balaban J connectivity index is 1.90. The van der Waals surface area contributed by atoms with Gasteiger partial charge in [-0.2, -0.15) is 0 Å². The maximum absolute atomic E-state index is 13.3. The van der Waals surface area contributed by atoms with Crippen LogP contribution in [0.3, 0.4) is 0 Å². The number of halogens is 2. The van der Waals surface area contributed by atoms with Crippen LogP contribution in [0.4, 0.5) is 4.39 Å². The molecule has 2 rings (SSSR count). The van der Waals surface area contributed by atoms with Gasteiger partial charge in [-0.05, 0) is 57.6 Å². The lowest BCUT2D eigenvalue weighted by Crippen LogP contribution is -2.12. The monoisotopic (exact) mass is 313 g/mol. The lowest BCUT2D eigenvalue weighted by atomic mass is 10.2. The number of nitrogens with one attached hydrogen (secondary N) is 1. The molecular formula is C13H13BrFNS. The summed E-state index contributed by atoms with van der Waals surface area (Å²) in [5.74, 6) is -0.211. The molecule has 0 aliphatic heterocycles. The largest absolute Gasteiger partial charge is 0.308 e. The van der Waals surface area contributed by atoms with Crippen LogP contribution in [0.5, 0.6) is 0 Å². The van der Waals surface area contributed by atoms with Crippen LogP contribution < -0.4 is 5.32 Å². The van der Waals surface area contributed by atoms with Crippen LogP contribution in [0.1, 0.15) is 16.0 Å². The molecule has 0 atom stereocenters. The van der Waals surface area contributed by atoms with Crippen molar-refractivity contribution in [2.24, 2.45) is 0 Å². The number of hydrogen-bond acceptors (Lipinski definition) is 2. The summed E-state index contributed by atoms with van der Waals surface area (Å²) < 4.78 is 13.8. The Labute approximate surface area is 113 Å². The number of aryl methyl sites for hydroxylation is 1. The third-order valence-corrected chi connectivity index (χ3v) is 4.23. The van der Waals surface area contributed by atoms with Crippen LogP contribution >= 0.6 is 27.3 Å². The van der Waals surface area contributed by atoms with Crippen molar-refractivity contribution in [3.8, 4) is 0 Å². The summed E-state index contributed by atoms with van der Waals surface area (Å²) in [5, 5.41) is 5.41. The van der Waals surface area contributed by atoms with Crippen molar-refractivity contribution in [1.29, 1.82) is 0 Å². The molecule has 1 aromatic carbocycles. The third-order valence-electron chi connectivity index (χ3n) is 2.57. The minimum atomic E-state index is -0.211. The zero-order chi connectivity index (χ0) is 12.3. The van der Waals surface area contributed by atoms with E-state index in [0.29, 0.717) is 11.0 Å². The first-order valence-electron chi connectivity index (χ1n) is 5.34. The van der Waals surface area contributed by atoms with Gasteiger partial charge in [0.05, 0.1) is 4.47 Å². The fraction of sp³-hybridized carbons (Fsp3) is 0.231. The van der Waals surface area contributed by atoms with Gasteiger partial charge in [0.15, 0.2) is 0 Å². The predicted molar refractivity (Wildman–Crippen MR) is 73.7 cm³/mol. The van der Waals surface area contributed by atoms with Crippen LogP contribution in [0.25, 0.3) is 0 Å². The van der Waals surface area contributed by atoms with Crippen LogP contribution in [-0.4, -0.2) is 0 Å². The Kier molecular flexibility index (Phi) is 4.31. The van der Waals surface area contributed by atoms with E-state index in [1.54, 1.807) is 23.5 Å². The number of hydrogen-bond donors (Lipinski definition) is 1. The molecule has 0 aliphatic carbocycles. The maximum atomic E-state index is 13.3. The minimum absolute atomic E-state index is 0.211. The van der Waals surface area contributed by atoms with Gasteiger partial charge in [0.1, 0.15) is 5.82 Å². The summed E-state index contributed by atoms with van der Waals surface area (Å²) in [6, 6.07) is 7.32. The fourth-order valence-corrected chi connectivity index (χ4v) is 2.68. The van der Waals surface area contributed by atoms with E-state index < -0.39 is 0 Å². The SMILES string of the molecule is Cc1ccsc1CNCc1ccc(Br)c(F)c1. The minimum Gasteiger partial charge on any atom is -0.308 e. The molecule has 0 saturated carbocycles. The molecule has 4 heteroatoms. The molecule has 1 nitrogen and oxygen atoms in total. The van der Waals surface area contributed by atoms with Crippen molar-refractivity contribution in [3.05, 3.63) is 55.9 Å². The maximum Gasteiger partial charge on any atom is 0.137 e. The van der Waals surface area contributed by atoms with Gasteiger partial charge < -0.3 is 5.32 Å². The van der Waals surface area contributed by atoms with E-state index in [0.717, 1.165) is 12.1 Å². The second-order valence-electron chi connectivity index (χ2n) is 3.88. The van der Waals surface area contributed by atoms with Gasteiger partial charge in [-0.1, -0.05) is 6.07 Å². The van der Waals surface area contributed by atoms with E-state index in [-0.39, 0.29) is 5.82 Å². The normalized spacial score (nSPS) is 10.8. The predicted octanol–water partition coefficient (Wildman–Crippen LogP) is 4.25. The molecule has 0 radical (unpaired) electrons. The second kappa shape index (κ2) is 5.76. The molecule has 2 aromatic rings. The second-order valence-corrected chi connectivity index (χ2v) is 5.73. The van der Waals surface area contributed by atoms with E-state index in [1.807, 2.05) is 6.07 Å². The van der Waals surface area contributed by atoms with Gasteiger partial charge in [0.25, 0.3) is 0 Å². The first-order chi connectivity index (χ1) is 8.16. The van der Waals surface area contributed by atoms with Crippen LogP contribution in [0, 0.1) is 12.7 Å². The van der Waals surface area contributed by atoms with Crippen LogP contribution in [0.15, 0.2) is 34.1 Å². The molecule has 17 heavy (non-hydrogen) atoms. The third kappa shape index (κ3) is 3.37. The summed E-state index contributed by atoms with van der Waals surface area (Å²) in [6.07, 6.45) is 0. The number of thiophene rings is 1. The molecule has 0 aliphatic rings. The highest BCUT2D eigenvalue weighted by Gasteiger charge is 2.02. The van der Waals surface area contributed by atoms with Gasteiger partial charge in [0, 0.05) is 18.0 Å². The van der Waals surface area contributed by atoms with E-state index >= 15 is 0 Å². The summed E-state index contributed by atoms with van der Waals surface area (Å²) in [7, 11) is 0. The van der Waals surface area contributed by atoms with Gasteiger partial charge in [-0.15, -0.1) is 11.3 Å². The fourth-order valence-electron chi connectivity index (χ4n) is 1.56. The Morgan fingerprint density at radius 2 is 2.12 bits per heavy atom. The van der Waals surface area contributed by atoms with Crippen molar-refractivity contribution >= 4 is 27.3 Å². The molecule has 0 spiro atoms. The topological polar surface area (TPSA) is 12.0 Å². The lowest BCUT2D eigenvalue weighted by Gasteiger charge is -2.05. The molecule has 1 heterocycles. The Bertz CT molecular complexity index is 510. The molecular weight excluding hydrogens is 301 g/mol.